The molecule has 0 bridgehead atoms. The Morgan fingerprint density at radius 1 is 1.30 bits per heavy atom. The number of methoxy groups -OCH3 is 1. The van der Waals surface area contributed by atoms with Crippen molar-refractivity contribution in [2.24, 2.45) is 5.92 Å². The molecule has 27 heavy (non-hydrogen) atoms. The highest BCUT2D eigenvalue weighted by atomic mass is 16.5. The monoisotopic (exact) mass is 370 g/mol. The summed E-state index contributed by atoms with van der Waals surface area (Å²) in [6.07, 6.45) is 2.41. The second-order valence-corrected chi connectivity index (χ2v) is 6.62. The van der Waals surface area contributed by atoms with Crippen LogP contribution in [0.4, 0.5) is 22.2 Å². The fraction of sp³-hybridized carbons (Fsp3) is 0.421. The van der Waals surface area contributed by atoms with E-state index in [0.29, 0.717) is 23.2 Å². The maximum atomic E-state index is 12.2. The minimum Gasteiger partial charge on any atom is -0.497 e. The maximum Gasteiger partial charge on any atom is 0.326 e. The molecule has 2 amide bonds. The lowest BCUT2D eigenvalue weighted by atomic mass is 10.00. The molecule has 0 aliphatic carbocycles. The van der Waals surface area contributed by atoms with E-state index in [1.54, 1.807) is 25.3 Å². The molecule has 1 aliphatic heterocycles. The lowest BCUT2D eigenvalue weighted by Gasteiger charge is -2.23. The second-order valence-electron chi connectivity index (χ2n) is 6.62. The van der Waals surface area contributed by atoms with Crippen molar-refractivity contribution in [2.45, 2.75) is 19.8 Å². The molecular formula is C19H26N6O2. The normalized spacial score (nSPS) is 16.4. The Morgan fingerprint density at radius 2 is 2.19 bits per heavy atom. The van der Waals surface area contributed by atoms with Gasteiger partial charge in [-0.15, -0.1) is 0 Å². The van der Waals surface area contributed by atoms with Crippen molar-refractivity contribution in [3.8, 4) is 5.75 Å². The third-order valence-electron chi connectivity index (χ3n) is 4.38. The Labute approximate surface area is 159 Å². The number of nitrogens with zero attached hydrogens (tertiary/aromatic N) is 2. The number of amides is 2. The minimum absolute atomic E-state index is 0.264. The lowest BCUT2D eigenvalue weighted by Crippen LogP contribution is -2.33. The number of nitrogens with one attached hydrogen (secondary N) is 4. The van der Waals surface area contributed by atoms with Crippen LogP contribution in [-0.2, 0) is 0 Å². The molecular weight excluding hydrogens is 344 g/mol. The van der Waals surface area contributed by atoms with Gasteiger partial charge in [-0.05, 0) is 50.9 Å². The van der Waals surface area contributed by atoms with Crippen molar-refractivity contribution in [3.05, 3.63) is 36.0 Å². The van der Waals surface area contributed by atoms with Gasteiger partial charge in [0.2, 0.25) is 5.95 Å². The Kier molecular flexibility index (Phi) is 6.43. The summed E-state index contributed by atoms with van der Waals surface area (Å²) in [5.41, 5.74) is 1.41. The van der Waals surface area contributed by atoms with E-state index >= 15 is 0 Å². The van der Waals surface area contributed by atoms with E-state index in [4.69, 9.17) is 4.74 Å². The van der Waals surface area contributed by atoms with Crippen LogP contribution in [0.3, 0.4) is 0 Å². The molecule has 1 fully saturated rings. The molecule has 2 aromatic rings. The summed E-state index contributed by atoms with van der Waals surface area (Å²) in [5, 5.41) is 12.2. The highest BCUT2D eigenvalue weighted by Gasteiger charge is 2.13. The van der Waals surface area contributed by atoms with E-state index in [9.17, 15) is 4.79 Å². The van der Waals surface area contributed by atoms with Gasteiger partial charge >= 0.3 is 6.03 Å². The van der Waals surface area contributed by atoms with E-state index in [2.05, 4.69) is 31.2 Å². The number of carbonyl (C=O) groups is 1. The van der Waals surface area contributed by atoms with Crippen molar-refractivity contribution >= 4 is 23.5 Å². The lowest BCUT2D eigenvalue weighted by molar-refractivity contribution is 0.262. The SMILES string of the molecule is COc1cccc(NC(=O)Nc2nc(C)cc(NCC3CCCNC3)n2)c1. The van der Waals surface area contributed by atoms with Crippen LogP contribution < -0.4 is 26.0 Å². The molecule has 1 unspecified atom stereocenters. The van der Waals surface area contributed by atoms with Crippen LogP contribution >= 0.6 is 0 Å². The fourth-order valence-corrected chi connectivity index (χ4v) is 3.03. The Morgan fingerprint density at radius 3 is 2.96 bits per heavy atom. The number of rotatable bonds is 6. The predicted molar refractivity (Wildman–Crippen MR) is 106 cm³/mol. The van der Waals surface area contributed by atoms with Gasteiger partial charge in [0.25, 0.3) is 0 Å². The summed E-state index contributed by atoms with van der Waals surface area (Å²) in [4.78, 5) is 20.9. The van der Waals surface area contributed by atoms with Crippen molar-refractivity contribution in [3.63, 3.8) is 0 Å². The molecule has 144 valence electrons. The summed E-state index contributed by atoms with van der Waals surface area (Å²) >= 11 is 0. The number of anilines is 3. The number of hydrogen-bond donors (Lipinski definition) is 4. The smallest absolute Gasteiger partial charge is 0.326 e. The first-order valence-electron chi connectivity index (χ1n) is 9.15. The van der Waals surface area contributed by atoms with Gasteiger partial charge in [0.05, 0.1) is 7.11 Å². The van der Waals surface area contributed by atoms with Crippen LogP contribution in [0, 0.1) is 12.8 Å². The van der Waals surface area contributed by atoms with Crippen LogP contribution in [-0.4, -0.2) is 42.7 Å². The third-order valence-corrected chi connectivity index (χ3v) is 4.38. The first-order chi connectivity index (χ1) is 13.1. The molecule has 1 atom stereocenters. The summed E-state index contributed by atoms with van der Waals surface area (Å²) < 4.78 is 5.15. The van der Waals surface area contributed by atoms with E-state index in [1.807, 2.05) is 19.1 Å². The van der Waals surface area contributed by atoms with E-state index in [1.165, 1.54) is 12.8 Å². The Hall–Kier alpha value is -2.87. The van der Waals surface area contributed by atoms with Crippen molar-refractivity contribution in [2.75, 3.05) is 42.7 Å². The molecule has 1 aromatic heterocycles. The van der Waals surface area contributed by atoms with Gasteiger partial charge in [-0.25, -0.2) is 9.78 Å². The van der Waals surface area contributed by atoms with Gasteiger partial charge < -0.3 is 20.7 Å². The zero-order valence-corrected chi connectivity index (χ0v) is 15.7. The molecule has 0 spiro atoms. The average Bonchev–Trinajstić information content (AvgIpc) is 2.67. The molecule has 2 heterocycles. The van der Waals surface area contributed by atoms with E-state index in [-0.39, 0.29) is 5.95 Å². The van der Waals surface area contributed by atoms with Crippen molar-refractivity contribution < 1.29 is 9.53 Å². The predicted octanol–water partition coefficient (Wildman–Crippen LogP) is 2.85. The topological polar surface area (TPSA) is 100 Å². The zero-order chi connectivity index (χ0) is 19.1. The van der Waals surface area contributed by atoms with Crippen LogP contribution in [0.25, 0.3) is 0 Å². The summed E-state index contributed by atoms with van der Waals surface area (Å²) in [6.45, 7) is 4.84. The molecule has 0 radical (unpaired) electrons. The molecule has 8 heteroatoms. The number of aryl methyl sites for hydroxylation is 1. The number of benzene rings is 1. The number of carbonyl (C=O) groups excluding carboxylic acids is 1. The van der Waals surface area contributed by atoms with E-state index < -0.39 is 6.03 Å². The molecule has 8 nitrogen and oxygen atoms in total. The number of hydrogen-bond acceptors (Lipinski definition) is 6. The minimum atomic E-state index is -0.406. The van der Waals surface area contributed by atoms with Gasteiger partial charge in [-0.1, -0.05) is 6.07 Å². The molecule has 0 saturated carbocycles. The fourth-order valence-electron chi connectivity index (χ4n) is 3.03. The van der Waals surface area contributed by atoms with Crippen LogP contribution in [0.15, 0.2) is 30.3 Å². The summed E-state index contributed by atoms with van der Waals surface area (Å²) in [7, 11) is 1.58. The molecule has 4 N–H and O–H groups in total. The number of ether oxygens (including phenoxy) is 1. The van der Waals surface area contributed by atoms with Gasteiger partial charge in [0.15, 0.2) is 0 Å². The summed E-state index contributed by atoms with van der Waals surface area (Å²) in [6, 6.07) is 8.61. The maximum absolute atomic E-state index is 12.2. The standard InChI is InChI=1S/C19H26N6O2/c1-13-9-17(21-12-14-5-4-8-20-11-14)24-18(22-13)25-19(26)23-15-6-3-7-16(10-15)27-2/h3,6-7,9-10,14,20H,4-5,8,11-12H2,1-2H3,(H3,21,22,23,24,25,26). The Balaban J connectivity index is 1.58. The largest absolute Gasteiger partial charge is 0.497 e. The van der Waals surface area contributed by atoms with E-state index in [0.717, 1.165) is 25.3 Å². The quantitative estimate of drug-likeness (QED) is 0.624. The van der Waals surface area contributed by atoms with Crippen molar-refractivity contribution in [1.29, 1.82) is 0 Å². The molecule has 1 saturated heterocycles. The van der Waals surface area contributed by atoms with Gasteiger partial charge in [0, 0.05) is 30.1 Å². The highest BCUT2D eigenvalue weighted by molar-refractivity contribution is 5.98. The molecule has 1 aliphatic rings. The third kappa shape index (κ3) is 5.82. The Bertz CT molecular complexity index is 777. The molecule has 3 rings (SSSR count). The second kappa shape index (κ2) is 9.18. The van der Waals surface area contributed by atoms with Crippen LogP contribution in [0.1, 0.15) is 18.5 Å². The number of urea groups is 1. The van der Waals surface area contributed by atoms with Gasteiger partial charge in [-0.3, -0.25) is 5.32 Å². The first kappa shape index (κ1) is 18.9. The molecule has 1 aromatic carbocycles. The number of aromatic nitrogens is 2. The van der Waals surface area contributed by atoms with Gasteiger partial charge in [0.1, 0.15) is 11.6 Å². The average molecular weight is 370 g/mol. The van der Waals surface area contributed by atoms with Crippen LogP contribution in [0.5, 0.6) is 5.75 Å². The van der Waals surface area contributed by atoms with Gasteiger partial charge in [-0.2, -0.15) is 4.98 Å². The first-order valence-corrected chi connectivity index (χ1v) is 9.15. The van der Waals surface area contributed by atoms with Crippen molar-refractivity contribution in [1.82, 2.24) is 15.3 Å². The highest BCUT2D eigenvalue weighted by Crippen LogP contribution is 2.17. The number of piperidine rings is 1. The summed E-state index contributed by atoms with van der Waals surface area (Å²) in [5.74, 6) is 2.23. The zero-order valence-electron chi connectivity index (χ0n) is 15.7. The van der Waals surface area contributed by atoms with Crippen LogP contribution in [0.2, 0.25) is 0 Å².